The first-order chi connectivity index (χ1) is 11.7. The number of hydrogen-bond donors (Lipinski definition) is 2. The number of amides is 1. The highest BCUT2D eigenvalue weighted by molar-refractivity contribution is 7.13. The third-order valence-electron chi connectivity index (χ3n) is 4.56. The van der Waals surface area contributed by atoms with Crippen molar-refractivity contribution in [3.05, 3.63) is 40.4 Å². The Morgan fingerprint density at radius 2 is 2.12 bits per heavy atom. The number of hydrogen-bond acceptors (Lipinski definition) is 4. The number of carbonyl (C=O) groups is 1. The van der Waals surface area contributed by atoms with Gasteiger partial charge in [-0.1, -0.05) is 42.6 Å². The molecule has 1 aliphatic carbocycles. The summed E-state index contributed by atoms with van der Waals surface area (Å²) in [5.74, 6) is 0.424. The first kappa shape index (κ1) is 17.4. The zero-order chi connectivity index (χ0) is 16.9. The van der Waals surface area contributed by atoms with Gasteiger partial charge in [0.05, 0.1) is 17.1 Å². The van der Waals surface area contributed by atoms with Gasteiger partial charge in [-0.05, 0) is 31.4 Å². The highest BCUT2D eigenvalue weighted by Crippen LogP contribution is 2.30. The van der Waals surface area contributed by atoms with Crippen LogP contribution in [0.4, 0.5) is 0 Å². The Hall–Kier alpha value is -1.43. The number of benzene rings is 1. The van der Waals surface area contributed by atoms with Crippen molar-refractivity contribution in [2.45, 2.75) is 38.1 Å². The van der Waals surface area contributed by atoms with Gasteiger partial charge >= 0.3 is 0 Å². The van der Waals surface area contributed by atoms with Gasteiger partial charge in [-0.25, -0.2) is 4.98 Å². The van der Waals surface area contributed by atoms with E-state index in [9.17, 15) is 4.79 Å². The first-order valence-corrected chi connectivity index (χ1v) is 9.62. The monoisotopic (exact) mass is 363 g/mol. The SMILES string of the molecule is NCC1CCCCC1NC(=O)Cc1csc(-c2ccccc2Cl)n1. The van der Waals surface area contributed by atoms with Crippen LogP contribution in [0.25, 0.3) is 10.6 Å². The van der Waals surface area contributed by atoms with E-state index in [2.05, 4.69) is 10.3 Å². The van der Waals surface area contributed by atoms with E-state index in [0.29, 0.717) is 23.9 Å². The molecule has 0 aliphatic heterocycles. The minimum atomic E-state index is 0.0244. The summed E-state index contributed by atoms with van der Waals surface area (Å²) in [4.78, 5) is 16.9. The van der Waals surface area contributed by atoms with Crippen molar-refractivity contribution in [2.24, 2.45) is 11.7 Å². The maximum absolute atomic E-state index is 12.3. The summed E-state index contributed by atoms with van der Waals surface area (Å²) >= 11 is 7.72. The molecule has 1 aliphatic rings. The molecule has 3 N–H and O–H groups in total. The molecule has 0 saturated heterocycles. The molecule has 1 amide bonds. The average Bonchev–Trinajstić information content (AvgIpc) is 3.04. The van der Waals surface area contributed by atoms with Crippen LogP contribution in [-0.4, -0.2) is 23.5 Å². The van der Waals surface area contributed by atoms with E-state index in [0.717, 1.165) is 35.5 Å². The number of halogens is 1. The fourth-order valence-electron chi connectivity index (χ4n) is 3.25. The van der Waals surface area contributed by atoms with Crippen molar-refractivity contribution in [3.8, 4) is 10.6 Å². The Labute approximate surface area is 151 Å². The van der Waals surface area contributed by atoms with Crippen LogP contribution in [0.5, 0.6) is 0 Å². The van der Waals surface area contributed by atoms with Gasteiger partial charge in [-0.2, -0.15) is 0 Å². The van der Waals surface area contributed by atoms with Crippen LogP contribution < -0.4 is 11.1 Å². The van der Waals surface area contributed by atoms with Crippen LogP contribution in [0.15, 0.2) is 29.6 Å². The maximum atomic E-state index is 12.3. The summed E-state index contributed by atoms with van der Waals surface area (Å²) < 4.78 is 0. The Balaban J connectivity index is 1.62. The van der Waals surface area contributed by atoms with Crippen LogP contribution in [0.1, 0.15) is 31.4 Å². The molecule has 3 rings (SSSR count). The maximum Gasteiger partial charge on any atom is 0.226 e. The molecule has 1 heterocycles. The average molecular weight is 364 g/mol. The third-order valence-corrected chi connectivity index (χ3v) is 5.81. The molecule has 6 heteroatoms. The number of nitrogens with one attached hydrogen (secondary N) is 1. The van der Waals surface area contributed by atoms with Gasteiger partial charge in [0, 0.05) is 17.0 Å². The van der Waals surface area contributed by atoms with E-state index in [-0.39, 0.29) is 11.9 Å². The van der Waals surface area contributed by atoms with E-state index in [1.165, 1.54) is 17.8 Å². The molecule has 128 valence electrons. The minimum absolute atomic E-state index is 0.0244. The number of aromatic nitrogens is 1. The largest absolute Gasteiger partial charge is 0.353 e. The molecule has 2 atom stereocenters. The van der Waals surface area contributed by atoms with Crippen LogP contribution in [0.3, 0.4) is 0 Å². The van der Waals surface area contributed by atoms with Crippen molar-refractivity contribution in [2.75, 3.05) is 6.54 Å². The fourth-order valence-corrected chi connectivity index (χ4v) is 4.39. The summed E-state index contributed by atoms with van der Waals surface area (Å²) in [6.07, 6.45) is 4.80. The molecule has 1 aromatic heterocycles. The normalized spacial score (nSPS) is 20.8. The molecule has 1 aromatic carbocycles. The summed E-state index contributed by atoms with van der Waals surface area (Å²) in [5.41, 5.74) is 7.52. The Bertz CT molecular complexity index is 703. The van der Waals surface area contributed by atoms with Gasteiger partial charge < -0.3 is 11.1 Å². The summed E-state index contributed by atoms with van der Waals surface area (Å²) in [6.45, 7) is 0.637. The Morgan fingerprint density at radius 1 is 1.33 bits per heavy atom. The number of nitrogens with two attached hydrogens (primary N) is 1. The highest BCUT2D eigenvalue weighted by Gasteiger charge is 2.25. The van der Waals surface area contributed by atoms with Gasteiger partial charge in [0.15, 0.2) is 0 Å². The molecule has 0 radical (unpaired) electrons. The molecule has 24 heavy (non-hydrogen) atoms. The lowest BCUT2D eigenvalue weighted by Crippen LogP contribution is -2.45. The third kappa shape index (κ3) is 4.15. The van der Waals surface area contributed by atoms with Crippen LogP contribution in [-0.2, 0) is 11.2 Å². The van der Waals surface area contributed by atoms with Crippen molar-refractivity contribution < 1.29 is 4.79 Å². The van der Waals surface area contributed by atoms with E-state index in [1.807, 2.05) is 29.6 Å². The zero-order valence-corrected chi connectivity index (χ0v) is 15.1. The lowest BCUT2D eigenvalue weighted by atomic mass is 9.84. The van der Waals surface area contributed by atoms with Crippen molar-refractivity contribution >= 4 is 28.8 Å². The Kier molecular flexibility index (Phi) is 5.87. The number of rotatable bonds is 5. The number of thiazole rings is 1. The summed E-state index contributed by atoms with van der Waals surface area (Å²) in [6, 6.07) is 7.83. The van der Waals surface area contributed by atoms with Gasteiger partial charge in [-0.15, -0.1) is 11.3 Å². The summed E-state index contributed by atoms with van der Waals surface area (Å²) in [5, 5.41) is 6.60. The molecular weight excluding hydrogens is 342 g/mol. The second-order valence-corrected chi connectivity index (χ2v) is 7.52. The fraction of sp³-hybridized carbons (Fsp3) is 0.444. The predicted molar refractivity (Wildman–Crippen MR) is 99.2 cm³/mol. The minimum Gasteiger partial charge on any atom is -0.353 e. The quantitative estimate of drug-likeness (QED) is 0.852. The molecule has 1 saturated carbocycles. The molecule has 0 spiro atoms. The van der Waals surface area contributed by atoms with Crippen LogP contribution in [0, 0.1) is 5.92 Å². The first-order valence-electron chi connectivity index (χ1n) is 8.36. The molecule has 2 unspecified atom stereocenters. The van der Waals surface area contributed by atoms with Gasteiger partial charge in [0.2, 0.25) is 5.91 Å². The molecular formula is C18H22ClN3OS. The van der Waals surface area contributed by atoms with Crippen LogP contribution >= 0.6 is 22.9 Å². The lowest BCUT2D eigenvalue weighted by Gasteiger charge is -2.31. The second kappa shape index (κ2) is 8.10. The Morgan fingerprint density at radius 3 is 2.92 bits per heavy atom. The van der Waals surface area contributed by atoms with Crippen molar-refractivity contribution in [1.29, 1.82) is 0 Å². The van der Waals surface area contributed by atoms with Crippen molar-refractivity contribution in [1.82, 2.24) is 10.3 Å². The van der Waals surface area contributed by atoms with E-state index >= 15 is 0 Å². The van der Waals surface area contributed by atoms with Gasteiger partial charge in [-0.3, -0.25) is 4.79 Å². The lowest BCUT2D eigenvalue weighted by molar-refractivity contribution is -0.121. The van der Waals surface area contributed by atoms with Crippen LogP contribution in [0.2, 0.25) is 5.02 Å². The van der Waals surface area contributed by atoms with Crippen molar-refractivity contribution in [3.63, 3.8) is 0 Å². The molecule has 2 aromatic rings. The second-order valence-electron chi connectivity index (χ2n) is 6.25. The van der Waals surface area contributed by atoms with Gasteiger partial charge in [0.25, 0.3) is 0 Å². The predicted octanol–water partition coefficient (Wildman–Crippen LogP) is 3.64. The van der Waals surface area contributed by atoms with Gasteiger partial charge in [0.1, 0.15) is 5.01 Å². The highest BCUT2D eigenvalue weighted by atomic mass is 35.5. The smallest absolute Gasteiger partial charge is 0.226 e. The summed E-state index contributed by atoms with van der Waals surface area (Å²) in [7, 11) is 0. The topological polar surface area (TPSA) is 68.0 Å². The standard InChI is InChI=1S/C18H22ClN3OS/c19-15-7-3-2-6-14(15)18-21-13(11-24-18)9-17(23)22-16-8-4-1-5-12(16)10-20/h2-3,6-7,11-12,16H,1,4-5,8-10,20H2,(H,22,23). The number of carbonyl (C=O) groups excluding carboxylic acids is 1. The zero-order valence-electron chi connectivity index (χ0n) is 13.5. The molecule has 1 fully saturated rings. The van der Waals surface area contributed by atoms with E-state index < -0.39 is 0 Å². The number of nitrogens with zero attached hydrogens (tertiary/aromatic N) is 1. The van der Waals surface area contributed by atoms with E-state index in [1.54, 1.807) is 0 Å². The van der Waals surface area contributed by atoms with E-state index in [4.69, 9.17) is 17.3 Å². The molecule has 4 nitrogen and oxygen atoms in total. The molecule has 0 bridgehead atoms.